The van der Waals surface area contributed by atoms with Crippen molar-refractivity contribution in [1.82, 2.24) is 25.8 Å². The number of carbonyl (C=O) groups is 4. The zero-order valence-corrected chi connectivity index (χ0v) is 42.6. The molecule has 0 spiro atoms. The zero-order chi connectivity index (χ0) is 52.1. The van der Waals surface area contributed by atoms with Gasteiger partial charge >= 0.3 is 6.18 Å². The number of alkyl halides is 3. The highest BCUT2D eigenvalue weighted by atomic mass is 32.1. The number of nitriles is 1. The van der Waals surface area contributed by atoms with Crippen molar-refractivity contribution < 1.29 is 46.9 Å². The standard InChI is InChI=1S/C53H66F3N7O7S/c1-31(33-13-15-34(16-14-33)43-32(2)59-30-71-43)60-46(67)41-25-38(64)28-63(41)47(68)44(50(3,4)5)61-42(65)29-69-24-12-10-11-23-58-37-20-17-35(18-21-37)45(66)62-48-51(6,7)49(52(48,8)9)70-39-22-19-36(27-57)40(26-39)53(54,55)56/h13-22,26,30-31,38,41,44,48-49,58,64H,10-12,23-25,28-29H2,1-9H3,(H,60,67)(H,61,65)(H,62,66)/t31-,38+,41-,44?,48?,49?/m0/s1. The Morgan fingerprint density at radius 1 is 0.958 bits per heavy atom. The third kappa shape index (κ3) is 12.9. The Labute approximate surface area is 418 Å². The monoisotopic (exact) mass is 1000 g/mol. The van der Waals surface area contributed by atoms with Gasteiger partial charge in [-0.25, -0.2) is 4.98 Å². The van der Waals surface area contributed by atoms with Crippen molar-refractivity contribution in [3.63, 3.8) is 0 Å². The summed E-state index contributed by atoms with van der Waals surface area (Å²) in [5.41, 5.74) is 2.42. The van der Waals surface area contributed by atoms with Gasteiger partial charge in [-0.1, -0.05) is 72.7 Å². The predicted octanol–water partition coefficient (Wildman–Crippen LogP) is 8.59. The predicted molar refractivity (Wildman–Crippen MR) is 265 cm³/mol. The number of rotatable bonds is 19. The number of amides is 4. The number of nitrogens with zero attached hydrogens (tertiary/aromatic N) is 3. The second-order valence-corrected chi connectivity index (χ2v) is 21.7. The summed E-state index contributed by atoms with van der Waals surface area (Å²) >= 11 is 1.56. The normalized spacial score (nSPS) is 20.2. The summed E-state index contributed by atoms with van der Waals surface area (Å²) in [6, 6.07) is 17.2. The van der Waals surface area contributed by atoms with Crippen LogP contribution in [0.1, 0.15) is 120 Å². The quantitative estimate of drug-likeness (QED) is 0.0568. The average Bonchev–Trinajstić information content (AvgIpc) is 3.94. The van der Waals surface area contributed by atoms with E-state index in [1.165, 1.54) is 11.0 Å². The molecule has 1 saturated carbocycles. The van der Waals surface area contributed by atoms with E-state index in [1.54, 1.807) is 35.0 Å². The number of thiazole rings is 1. The molecule has 1 aliphatic heterocycles. The molecule has 2 aliphatic rings. The summed E-state index contributed by atoms with van der Waals surface area (Å²) in [6.07, 6.45) is -3.76. The zero-order valence-electron chi connectivity index (χ0n) is 41.8. The lowest BCUT2D eigenvalue weighted by Gasteiger charge is -2.63. The molecule has 14 nitrogen and oxygen atoms in total. The van der Waals surface area contributed by atoms with Crippen molar-refractivity contribution in [2.24, 2.45) is 16.2 Å². The van der Waals surface area contributed by atoms with Crippen molar-refractivity contribution in [2.45, 2.75) is 131 Å². The Morgan fingerprint density at radius 3 is 2.24 bits per heavy atom. The highest BCUT2D eigenvalue weighted by molar-refractivity contribution is 7.13. The van der Waals surface area contributed by atoms with E-state index in [0.29, 0.717) is 25.1 Å². The number of aliphatic hydroxyl groups is 1. The van der Waals surface area contributed by atoms with Crippen LogP contribution in [0.5, 0.6) is 5.75 Å². The van der Waals surface area contributed by atoms with E-state index >= 15 is 0 Å². The molecule has 6 rings (SSSR count). The van der Waals surface area contributed by atoms with Crippen LogP contribution in [-0.4, -0.2) is 95.3 Å². The van der Waals surface area contributed by atoms with E-state index in [4.69, 9.17) is 14.7 Å². The first-order valence-corrected chi connectivity index (χ1v) is 24.8. The van der Waals surface area contributed by atoms with Crippen LogP contribution in [-0.2, 0) is 25.3 Å². The minimum absolute atomic E-state index is 0.00260. The van der Waals surface area contributed by atoms with E-state index in [-0.39, 0.29) is 49.2 Å². The third-order valence-electron chi connectivity index (χ3n) is 13.5. The number of nitrogens with one attached hydrogen (secondary N) is 4. The first-order chi connectivity index (χ1) is 33.3. The first-order valence-electron chi connectivity index (χ1n) is 23.9. The number of aliphatic hydroxyl groups excluding tert-OH is 1. The van der Waals surface area contributed by atoms with E-state index in [2.05, 4.69) is 26.3 Å². The van der Waals surface area contributed by atoms with Crippen molar-refractivity contribution in [3.8, 4) is 22.3 Å². The number of aromatic nitrogens is 1. The Bertz CT molecular complexity index is 2550. The number of unbranched alkanes of at least 4 members (excludes halogenated alkanes) is 2. The van der Waals surface area contributed by atoms with Crippen LogP contribution in [0.4, 0.5) is 18.9 Å². The van der Waals surface area contributed by atoms with Crippen LogP contribution in [0, 0.1) is 34.5 Å². The topological polar surface area (TPSA) is 195 Å². The fraction of sp³-hybridized carbons (Fsp3) is 0.509. The number of hydrogen-bond acceptors (Lipinski definition) is 11. The Morgan fingerprint density at radius 2 is 1.63 bits per heavy atom. The summed E-state index contributed by atoms with van der Waals surface area (Å²) in [6.45, 7) is 17.6. The molecule has 18 heteroatoms. The van der Waals surface area contributed by atoms with Gasteiger partial charge in [0.2, 0.25) is 17.7 Å². The molecule has 1 aromatic heterocycles. The van der Waals surface area contributed by atoms with Crippen LogP contribution in [0.3, 0.4) is 0 Å². The highest BCUT2D eigenvalue weighted by Gasteiger charge is 2.64. The van der Waals surface area contributed by atoms with Gasteiger partial charge in [0.15, 0.2) is 0 Å². The molecule has 0 bridgehead atoms. The van der Waals surface area contributed by atoms with Gasteiger partial charge in [-0.3, -0.25) is 19.2 Å². The number of benzene rings is 3. The summed E-state index contributed by atoms with van der Waals surface area (Å²) in [7, 11) is 0. The number of β-amino-alcohol motifs (C(OH)–C–C–N with tert-alkyl or cyclic N) is 1. The second-order valence-electron chi connectivity index (χ2n) is 20.9. The number of hydrogen-bond donors (Lipinski definition) is 5. The van der Waals surface area contributed by atoms with Gasteiger partial charge < -0.3 is 40.7 Å². The first kappa shape index (κ1) is 54.3. The Kier molecular flexibility index (Phi) is 17.0. The van der Waals surface area contributed by atoms with E-state index in [0.717, 1.165) is 52.4 Å². The van der Waals surface area contributed by atoms with Crippen molar-refractivity contribution in [1.29, 1.82) is 5.26 Å². The largest absolute Gasteiger partial charge is 0.489 e. The summed E-state index contributed by atoms with van der Waals surface area (Å²) in [5.74, 6) is -1.60. The van der Waals surface area contributed by atoms with Crippen LogP contribution in [0.25, 0.3) is 10.4 Å². The minimum Gasteiger partial charge on any atom is -0.489 e. The lowest BCUT2D eigenvalue weighted by atomic mass is 9.49. The maximum Gasteiger partial charge on any atom is 0.417 e. The van der Waals surface area contributed by atoms with E-state index in [1.807, 2.05) is 98.7 Å². The molecule has 3 aromatic carbocycles. The minimum atomic E-state index is -4.71. The molecule has 1 saturated heterocycles. The molecule has 382 valence electrons. The van der Waals surface area contributed by atoms with Gasteiger partial charge in [-0.2, -0.15) is 18.4 Å². The molecule has 4 atom stereocenters. The smallest absolute Gasteiger partial charge is 0.417 e. The third-order valence-corrected chi connectivity index (χ3v) is 14.5. The lowest BCUT2D eigenvalue weighted by Crippen LogP contribution is -2.74. The Balaban J connectivity index is 0.893. The molecular formula is C53H66F3N7O7S. The number of carbonyl (C=O) groups excluding carboxylic acids is 4. The van der Waals surface area contributed by atoms with E-state index in [9.17, 15) is 37.5 Å². The number of likely N-dealkylation sites (tertiary alicyclic amines) is 1. The second kappa shape index (κ2) is 22.2. The van der Waals surface area contributed by atoms with Crippen molar-refractivity contribution in [2.75, 3.05) is 31.6 Å². The fourth-order valence-corrected chi connectivity index (χ4v) is 10.8. The Hall–Kier alpha value is -6.03. The average molecular weight is 1000 g/mol. The fourth-order valence-electron chi connectivity index (χ4n) is 9.94. The van der Waals surface area contributed by atoms with Crippen LogP contribution < -0.4 is 26.0 Å². The van der Waals surface area contributed by atoms with Crippen LogP contribution >= 0.6 is 11.3 Å². The number of aryl methyl sites for hydroxylation is 1. The van der Waals surface area contributed by atoms with Crippen molar-refractivity contribution in [3.05, 3.63) is 100 Å². The maximum absolute atomic E-state index is 14.1. The number of anilines is 1. The SMILES string of the molecule is Cc1ncsc1-c1ccc([C@H](C)NC(=O)[C@@H]2C[C@@H](O)CN2C(=O)C(NC(=O)COCCCCCNc2ccc(C(=O)NC3C(C)(C)C(Oc4ccc(C#N)c(C(F)(F)F)c4)C3(C)C)cc2)C(C)(C)C)cc1. The molecule has 5 N–H and O–H groups in total. The molecule has 1 unspecified atom stereocenters. The molecule has 4 aromatic rings. The van der Waals surface area contributed by atoms with Gasteiger partial charge in [-0.15, -0.1) is 11.3 Å². The molecular weight excluding hydrogens is 936 g/mol. The molecule has 71 heavy (non-hydrogen) atoms. The summed E-state index contributed by atoms with van der Waals surface area (Å²) < 4.78 is 52.6. The van der Waals surface area contributed by atoms with Gasteiger partial charge in [0.1, 0.15) is 30.5 Å². The van der Waals surface area contributed by atoms with Gasteiger partial charge in [0.25, 0.3) is 5.91 Å². The van der Waals surface area contributed by atoms with E-state index < -0.39 is 69.7 Å². The van der Waals surface area contributed by atoms with Crippen LogP contribution in [0.15, 0.2) is 72.2 Å². The van der Waals surface area contributed by atoms with Gasteiger partial charge in [0, 0.05) is 54.2 Å². The van der Waals surface area contributed by atoms with Gasteiger partial charge in [-0.05, 0) is 92.1 Å². The van der Waals surface area contributed by atoms with Crippen molar-refractivity contribution >= 4 is 40.7 Å². The highest BCUT2D eigenvalue weighted by Crippen LogP contribution is 2.56. The van der Waals surface area contributed by atoms with Crippen LogP contribution in [0.2, 0.25) is 0 Å². The summed E-state index contributed by atoms with van der Waals surface area (Å²) in [5, 5.41) is 32.1. The molecule has 4 amide bonds. The molecule has 1 aliphatic carbocycles. The molecule has 2 fully saturated rings. The maximum atomic E-state index is 14.1. The summed E-state index contributed by atoms with van der Waals surface area (Å²) in [4.78, 5) is 61.0. The number of ether oxygens (including phenoxy) is 2. The number of halogens is 3. The lowest BCUT2D eigenvalue weighted by molar-refractivity contribution is -0.164. The van der Waals surface area contributed by atoms with Gasteiger partial charge in [0.05, 0.1) is 45.4 Å². The molecule has 0 radical (unpaired) electrons. The molecule has 2 heterocycles.